The molecular weight excluding hydrogens is 352 g/mol. The molecule has 0 radical (unpaired) electrons. The maximum atomic E-state index is 13.1. The fraction of sp³-hybridized carbons (Fsp3) is 0.348. The lowest BCUT2D eigenvalue weighted by atomic mass is 9.95. The van der Waals surface area contributed by atoms with E-state index in [-0.39, 0.29) is 17.6 Å². The van der Waals surface area contributed by atoms with Crippen LogP contribution < -0.4 is 5.32 Å². The molecule has 0 unspecified atom stereocenters. The molecule has 1 amide bonds. The molecule has 1 fully saturated rings. The normalized spacial score (nSPS) is 16.1. The SMILES string of the molecule is O=C(NC1CCCCCCC1)/C(=C/c1cccc([N+](=O)[O-])c1)c1ccccc1. The molecule has 0 saturated heterocycles. The fourth-order valence-electron chi connectivity index (χ4n) is 3.66. The van der Waals surface area contributed by atoms with Gasteiger partial charge in [0.1, 0.15) is 0 Å². The number of carbonyl (C=O) groups is 1. The molecule has 1 aliphatic carbocycles. The van der Waals surface area contributed by atoms with Crippen LogP contribution in [0.2, 0.25) is 0 Å². The van der Waals surface area contributed by atoms with Gasteiger partial charge < -0.3 is 5.32 Å². The lowest BCUT2D eigenvalue weighted by Gasteiger charge is -2.22. The van der Waals surface area contributed by atoms with E-state index < -0.39 is 4.92 Å². The van der Waals surface area contributed by atoms with E-state index in [1.807, 2.05) is 30.3 Å². The first-order valence-electron chi connectivity index (χ1n) is 9.96. The summed E-state index contributed by atoms with van der Waals surface area (Å²) in [4.78, 5) is 23.8. The number of nitrogens with one attached hydrogen (secondary N) is 1. The van der Waals surface area contributed by atoms with Gasteiger partial charge in [-0.1, -0.05) is 74.6 Å². The maximum Gasteiger partial charge on any atom is 0.270 e. The molecule has 1 saturated carbocycles. The van der Waals surface area contributed by atoms with E-state index in [0.717, 1.165) is 31.2 Å². The number of nitrogens with zero attached hydrogens (tertiary/aromatic N) is 1. The number of nitro groups is 1. The molecule has 0 bridgehead atoms. The number of nitro benzene ring substituents is 1. The van der Waals surface area contributed by atoms with Crippen molar-refractivity contribution < 1.29 is 9.72 Å². The summed E-state index contributed by atoms with van der Waals surface area (Å²) in [5.41, 5.74) is 1.99. The average molecular weight is 378 g/mol. The summed E-state index contributed by atoms with van der Waals surface area (Å²) in [6, 6.07) is 16.0. The first-order chi connectivity index (χ1) is 13.6. The Labute approximate surface area is 165 Å². The molecular formula is C23H26N2O3. The predicted octanol–water partition coefficient (Wildman–Crippen LogP) is 5.36. The van der Waals surface area contributed by atoms with Gasteiger partial charge in [-0.2, -0.15) is 0 Å². The first kappa shape index (κ1) is 19.8. The Kier molecular flexibility index (Phi) is 6.95. The van der Waals surface area contributed by atoms with Crippen molar-refractivity contribution in [1.29, 1.82) is 0 Å². The monoisotopic (exact) mass is 378 g/mol. The smallest absolute Gasteiger partial charge is 0.270 e. The summed E-state index contributed by atoms with van der Waals surface area (Å²) in [6.07, 6.45) is 9.75. The van der Waals surface area contributed by atoms with Crippen LogP contribution >= 0.6 is 0 Å². The Morgan fingerprint density at radius 1 is 0.964 bits per heavy atom. The predicted molar refractivity (Wildman–Crippen MR) is 112 cm³/mol. The summed E-state index contributed by atoms with van der Waals surface area (Å²) in [6.45, 7) is 0. The second kappa shape index (κ2) is 9.83. The van der Waals surface area contributed by atoms with Crippen LogP contribution in [0.1, 0.15) is 56.1 Å². The molecule has 0 atom stereocenters. The quantitative estimate of drug-likeness (QED) is 0.329. The van der Waals surface area contributed by atoms with Crippen LogP contribution in [-0.2, 0) is 4.79 Å². The van der Waals surface area contributed by atoms with Gasteiger partial charge in [-0.25, -0.2) is 0 Å². The molecule has 146 valence electrons. The van der Waals surface area contributed by atoms with Crippen molar-refractivity contribution in [3.8, 4) is 0 Å². The highest BCUT2D eigenvalue weighted by molar-refractivity contribution is 6.24. The summed E-state index contributed by atoms with van der Waals surface area (Å²) in [7, 11) is 0. The van der Waals surface area contributed by atoms with Crippen LogP contribution in [0.25, 0.3) is 11.6 Å². The molecule has 5 heteroatoms. The summed E-state index contributed by atoms with van der Waals surface area (Å²) < 4.78 is 0. The van der Waals surface area contributed by atoms with E-state index in [0.29, 0.717) is 11.1 Å². The largest absolute Gasteiger partial charge is 0.349 e. The fourth-order valence-corrected chi connectivity index (χ4v) is 3.66. The topological polar surface area (TPSA) is 72.2 Å². The molecule has 2 aromatic carbocycles. The molecule has 0 aromatic heterocycles. The van der Waals surface area contributed by atoms with Crippen molar-refractivity contribution in [1.82, 2.24) is 5.32 Å². The van der Waals surface area contributed by atoms with Gasteiger partial charge >= 0.3 is 0 Å². The van der Waals surface area contributed by atoms with E-state index in [1.165, 1.54) is 31.4 Å². The molecule has 5 nitrogen and oxygen atoms in total. The number of carbonyl (C=O) groups excluding carboxylic acids is 1. The Hall–Kier alpha value is -2.95. The molecule has 28 heavy (non-hydrogen) atoms. The lowest BCUT2D eigenvalue weighted by molar-refractivity contribution is -0.384. The zero-order valence-corrected chi connectivity index (χ0v) is 16.0. The van der Waals surface area contributed by atoms with E-state index >= 15 is 0 Å². The molecule has 0 heterocycles. The van der Waals surface area contributed by atoms with Crippen LogP contribution in [-0.4, -0.2) is 16.9 Å². The summed E-state index contributed by atoms with van der Waals surface area (Å²) in [5.74, 6) is -0.122. The third-order valence-corrected chi connectivity index (χ3v) is 5.16. The first-order valence-corrected chi connectivity index (χ1v) is 9.96. The third-order valence-electron chi connectivity index (χ3n) is 5.16. The van der Waals surface area contributed by atoms with E-state index in [1.54, 1.807) is 18.2 Å². The van der Waals surface area contributed by atoms with Crippen molar-refractivity contribution in [2.75, 3.05) is 0 Å². The molecule has 0 spiro atoms. The van der Waals surface area contributed by atoms with Gasteiger partial charge in [0.15, 0.2) is 0 Å². The number of non-ortho nitro benzene ring substituents is 1. The van der Waals surface area contributed by atoms with Crippen molar-refractivity contribution in [3.05, 3.63) is 75.8 Å². The lowest BCUT2D eigenvalue weighted by Crippen LogP contribution is -2.35. The van der Waals surface area contributed by atoms with Crippen molar-refractivity contribution in [3.63, 3.8) is 0 Å². The van der Waals surface area contributed by atoms with Crippen LogP contribution in [0.15, 0.2) is 54.6 Å². The van der Waals surface area contributed by atoms with Crippen molar-refractivity contribution in [2.24, 2.45) is 0 Å². The second-order valence-electron chi connectivity index (χ2n) is 7.29. The zero-order chi connectivity index (χ0) is 19.8. The highest BCUT2D eigenvalue weighted by Crippen LogP contribution is 2.23. The van der Waals surface area contributed by atoms with Crippen molar-refractivity contribution in [2.45, 2.75) is 51.0 Å². The number of benzene rings is 2. The van der Waals surface area contributed by atoms with Crippen molar-refractivity contribution >= 4 is 23.2 Å². The van der Waals surface area contributed by atoms with Gasteiger partial charge in [0.05, 0.1) is 4.92 Å². The van der Waals surface area contributed by atoms with Gasteiger partial charge in [-0.05, 0) is 30.0 Å². The minimum absolute atomic E-state index is 0.0154. The minimum Gasteiger partial charge on any atom is -0.349 e. The molecule has 1 aliphatic rings. The van der Waals surface area contributed by atoms with Gasteiger partial charge in [0.25, 0.3) is 11.6 Å². The zero-order valence-electron chi connectivity index (χ0n) is 16.0. The standard InChI is InChI=1S/C23H26N2O3/c26-23(24-20-13-7-2-1-3-8-14-20)22(19-11-5-4-6-12-19)17-18-10-9-15-21(16-18)25(27)28/h4-6,9-12,15-17,20H,1-3,7-8,13-14H2,(H,24,26)/b22-17+. The minimum atomic E-state index is -0.423. The van der Waals surface area contributed by atoms with E-state index in [9.17, 15) is 14.9 Å². The molecule has 2 aromatic rings. The average Bonchev–Trinajstić information content (AvgIpc) is 2.69. The highest BCUT2D eigenvalue weighted by Gasteiger charge is 2.18. The van der Waals surface area contributed by atoms with Crippen LogP contribution in [0.5, 0.6) is 0 Å². The van der Waals surface area contributed by atoms with Gasteiger partial charge in [0, 0.05) is 23.7 Å². The van der Waals surface area contributed by atoms with Gasteiger partial charge in [-0.3, -0.25) is 14.9 Å². The van der Waals surface area contributed by atoms with E-state index in [2.05, 4.69) is 5.32 Å². The summed E-state index contributed by atoms with van der Waals surface area (Å²) in [5, 5.41) is 14.3. The second-order valence-corrected chi connectivity index (χ2v) is 7.29. The third kappa shape index (κ3) is 5.52. The number of amides is 1. The van der Waals surface area contributed by atoms with Crippen LogP contribution in [0.3, 0.4) is 0 Å². The van der Waals surface area contributed by atoms with E-state index in [4.69, 9.17) is 0 Å². The number of rotatable bonds is 5. The summed E-state index contributed by atoms with van der Waals surface area (Å²) >= 11 is 0. The van der Waals surface area contributed by atoms with Crippen LogP contribution in [0, 0.1) is 10.1 Å². The maximum absolute atomic E-state index is 13.1. The Morgan fingerprint density at radius 2 is 1.64 bits per heavy atom. The molecule has 0 aliphatic heterocycles. The van der Waals surface area contributed by atoms with Crippen LogP contribution in [0.4, 0.5) is 5.69 Å². The Morgan fingerprint density at radius 3 is 2.32 bits per heavy atom. The number of hydrogen-bond donors (Lipinski definition) is 1. The van der Waals surface area contributed by atoms with Gasteiger partial charge in [0.2, 0.25) is 0 Å². The molecule has 3 rings (SSSR count). The highest BCUT2D eigenvalue weighted by atomic mass is 16.6. The Bertz CT molecular complexity index is 838. The Balaban J connectivity index is 1.87. The van der Waals surface area contributed by atoms with Gasteiger partial charge in [-0.15, -0.1) is 0 Å². The molecule has 1 N–H and O–H groups in total. The number of hydrogen-bond acceptors (Lipinski definition) is 3.